The van der Waals surface area contributed by atoms with Crippen molar-refractivity contribution in [3.63, 3.8) is 0 Å². The van der Waals surface area contributed by atoms with Crippen LogP contribution in [0, 0.1) is 13.8 Å². The molecule has 1 atom stereocenters. The summed E-state index contributed by atoms with van der Waals surface area (Å²) in [6.07, 6.45) is 1.95. The lowest BCUT2D eigenvalue weighted by molar-refractivity contribution is 0.648. The molecular weight excluding hydrogens is 252 g/mol. The smallest absolute Gasteiger partial charge is 0.101 e. The van der Waals surface area contributed by atoms with Crippen LogP contribution in [0.25, 0.3) is 0 Å². The van der Waals surface area contributed by atoms with E-state index in [1.807, 2.05) is 13.2 Å². The van der Waals surface area contributed by atoms with Crippen molar-refractivity contribution in [2.75, 3.05) is 7.05 Å². The molecule has 0 fully saturated rings. The van der Waals surface area contributed by atoms with Gasteiger partial charge in [0.05, 0.1) is 0 Å². The monoisotopic (exact) mass is 272 g/mol. The first kappa shape index (κ1) is 14.1. The van der Waals surface area contributed by atoms with Crippen LogP contribution >= 0.6 is 11.8 Å². The SMILES string of the molecule is CNC(C)c1ccc(Sc2ccc(C)c(C)c2)nc1. The van der Waals surface area contributed by atoms with Crippen molar-refractivity contribution in [1.82, 2.24) is 10.3 Å². The summed E-state index contributed by atoms with van der Waals surface area (Å²) in [6, 6.07) is 11.1. The molecule has 1 heterocycles. The van der Waals surface area contributed by atoms with E-state index >= 15 is 0 Å². The van der Waals surface area contributed by atoms with Crippen LogP contribution in [0.3, 0.4) is 0 Å². The Balaban J connectivity index is 2.12. The predicted octanol–water partition coefficient (Wildman–Crippen LogP) is 4.13. The van der Waals surface area contributed by atoms with Crippen molar-refractivity contribution >= 4 is 11.8 Å². The summed E-state index contributed by atoms with van der Waals surface area (Å²) in [5, 5.41) is 4.25. The van der Waals surface area contributed by atoms with Crippen LogP contribution in [-0.4, -0.2) is 12.0 Å². The van der Waals surface area contributed by atoms with E-state index in [4.69, 9.17) is 0 Å². The average Bonchev–Trinajstić information content (AvgIpc) is 2.43. The summed E-state index contributed by atoms with van der Waals surface area (Å²) in [5.74, 6) is 0. The summed E-state index contributed by atoms with van der Waals surface area (Å²) in [7, 11) is 1.96. The number of aryl methyl sites for hydroxylation is 2. The molecule has 0 aliphatic carbocycles. The number of nitrogens with zero attached hydrogens (tertiary/aromatic N) is 1. The fourth-order valence-electron chi connectivity index (χ4n) is 1.77. The molecule has 1 unspecified atom stereocenters. The third-order valence-corrected chi connectivity index (χ3v) is 4.33. The zero-order valence-electron chi connectivity index (χ0n) is 11.9. The molecule has 0 amide bonds. The van der Waals surface area contributed by atoms with Crippen LogP contribution in [0.15, 0.2) is 46.5 Å². The Morgan fingerprint density at radius 3 is 2.47 bits per heavy atom. The minimum Gasteiger partial charge on any atom is -0.313 e. The van der Waals surface area contributed by atoms with Crippen LogP contribution in [0.2, 0.25) is 0 Å². The molecule has 100 valence electrons. The Kier molecular flexibility index (Phi) is 4.61. The van der Waals surface area contributed by atoms with Crippen molar-refractivity contribution in [3.05, 3.63) is 53.2 Å². The highest BCUT2D eigenvalue weighted by atomic mass is 32.2. The highest BCUT2D eigenvalue weighted by molar-refractivity contribution is 7.99. The van der Waals surface area contributed by atoms with Crippen LogP contribution in [0.5, 0.6) is 0 Å². The maximum Gasteiger partial charge on any atom is 0.101 e. The second-order valence-corrected chi connectivity index (χ2v) is 5.88. The van der Waals surface area contributed by atoms with Gasteiger partial charge in [0.15, 0.2) is 0 Å². The lowest BCUT2D eigenvalue weighted by Gasteiger charge is -2.10. The molecule has 2 aromatic rings. The maximum absolute atomic E-state index is 4.52. The summed E-state index contributed by atoms with van der Waals surface area (Å²) in [4.78, 5) is 5.76. The third kappa shape index (κ3) is 3.58. The van der Waals surface area contributed by atoms with E-state index in [1.165, 1.54) is 21.6 Å². The number of pyridine rings is 1. The molecule has 1 aromatic heterocycles. The zero-order chi connectivity index (χ0) is 13.8. The van der Waals surface area contributed by atoms with Gasteiger partial charge in [-0.1, -0.05) is 23.9 Å². The predicted molar refractivity (Wildman–Crippen MR) is 81.8 cm³/mol. The topological polar surface area (TPSA) is 24.9 Å². The average molecular weight is 272 g/mol. The normalized spacial score (nSPS) is 12.4. The van der Waals surface area contributed by atoms with Crippen LogP contribution in [0.4, 0.5) is 0 Å². The largest absolute Gasteiger partial charge is 0.313 e. The fraction of sp³-hybridized carbons (Fsp3) is 0.312. The molecule has 0 spiro atoms. The van der Waals surface area contributed by atoms with Crippen LogP contribution in [0.1, 0.15) is 29.7 Å². The first-order chi connectivity index (χ1) is 9.10. The molecule has 3 heteroatoms. The van der Waals surface area contributed by atoms with Gasteiger partial charge in [-0.2, -0.15) is 0 Å². The molecule has 0 bridgehead atoms. The Labute approximate surface area is 119 Å². The van der Waals surface area contributed by atoms with Crippen molar-refractivity contribution in [2.24, 2.45) is 0 Å². The van der Waals surface area contributed by atoms with Gasteiger partial charge in [0, 0.05) is 17.1 Å². The lowest BCUT2D eigenvalue weighted by atomic mass is 10.1. The number of nitrogens with one attached hydrogen (secondary N) is 1. The van der Waals surface area contributed by atoms with Crippen molar-refractivity contribution in [2.45, 2.75) is 36.7 Å². The third-order valence-electron chi connectivity index (χ3n) is 3.39. The Morgan fingerprint density at radius 1 is 1.11 bits per heavy atom. The van der Waals surface area contributed by atoms with E-state index in [0.717, 1.165) is 5.03 Å². The Bertz CT molecular complexity index is 549. The number of rotatable bonds is 4. The lowest BCUT2D eigenvalue weighted by Crippen LogP contribution is -2.12. The van der Waals surface area contributed by atoms with E-state index in [-0.39, 0.29) is 0 Å². The van der Waals surface area contributed by atoms with Gasteiger partial charge in [-0.3, -0.25) is 0 Å². The quantitative estimate of drug-likeness (QED) is 0.906. The molecule has 1 N–H and O–H groups in total. The van der Waals surface area contributed by atoms with E-state index in [0.29, 0.717) is 6.04 Å². The molecule has 2 rings (SSSR count). The van der Waals surface area contributed by atoms with Gasteiger partial charge in [-0.25, -0.2) is 4.98 Å². The highest BCUT2D eigenvalue weighted by Gasteiger charge is 2.04. The van der Waals surface area contributed by atoms with Gasteiger partial charge in [0.2, 0.25) is 0 Å². The molecule has 0 saturated heterocycles. The first-order valence-corrected chi connectivity index (χ1v) is 7.30. The van der Waals surface area contributed by atoms with Gasteiger partial charge in [0.25, 0.3) is 0 Å². The number of hydrogen-bond acceptors (Lipinski definition) is 3. The molecule has 19 heavy (non-hydrogen) atoms. The highest BCUT2D eigenvalue weighted by Crippen LogP contribution is 2.28. The standard InChI is InChI=1S/C16H20N2S/c1-11-5-7-15(9-12(11)2)19-16-8-6-14(10-18-16)13(3)17-4/h5-10,13,17H,1-4H3. The summed E-state index contributed by atoms with van der Waals surface area (Å²) in [5.41, 5.74) is 3.87. The van der Waals surface area contributed by atoms with Crippen LogP contribution in [-0.2, 0) is 0 Å². The summed E-state index contributed by atoms with van der Waals surface area (Å²) < 4.78 is 0. The second kappa shape index (κ2) is 6.22. The molecular formula is C16H20N2S. The minimum absolute atomic E-state index is 0.341. The van der Waals surface area contributed by atoms with E-state index < -0.39 is 0 Å². The molecule has 0 radical (unpaired) electrons. The minimum atomic E-state index is 0.341. The van der Waals surface area contributed by atoms with Gasteiger partial charge in [-0.15, -0.1) is 0 Å². The second-order valence-electron chi connectivity index (χ2n) is 4.79. The van der Waals surface area contributed by atoms with Crippen molar-refractivity contribution in [1.29, 1.82) is 0 Å². The first-order valence-electron chi connectivity index (χ1n) is 6.48. The summed E-state index contributed by atoms with van der Waals surface area (Å²) >= 11 is 1.71. The molecule has 0 aliphatic heterocycles. The van der Waals surface area contributed by atoms with Crippen molar-refractivity contribution < 1.29 is 0 Å². The van der Waals surface area contributed by atoms with Gasteiger partial charge in [-0.05, 0) is 62.7 Å². The molecule has 1 aromatic carbocycles. The van der Waals surface area contributed by atoms with Crippen molar-refractivity contribution in [3.8, 4) is 0 Å². The van der Waals surface area contributed by atoms with E-state index in [1.54, 1.807) is 11.8 Å². The molecule has 0 saturated carbocycles. The van der Waals surface area contributed by atoms with Gasteiger partial charge >= 0.3 is 0 Å². The fourth-order valence-corrected chi connectivity index (χ4v) is 2.63. The van der Waals surface area contributed by atoms with E-state index in [2.05, 4.69) is 61.4 Å². The van der Waals surface area contributed by atoms with Gasteiger partial charge in [0.1, 0.15) is 5.03 Å². The van der Waals surface area contributed by atoms with Gasteiger partial charge < -0.3 is 5.32 Å². The summed E-state index contributed by atoms with van der Waals surface area (Å²) in [6.45, 7) is 6.41. The number of hydrogen-bond donors (Lipinski definition) is 1. The molecule has 2 nitrogen and oxygen atoms in total. The zero-order valence-corrected chi connectivity index (χ0v) is 12.7. The number of benzene rings is 1. The Hall–Kier alpha value is -1.32. The number of aromatic nitrogens is 1. The molecule has 0 aliphatic rings. The maximum atomic E-state index is 4.52. The Morgan fingerprint density at radius 2 is 1.89 bits per heavy atom. The van der Waals surface area contributed by atoms with Crippen LogP contribution < -0.4 is 5.32 Å². The van der Waals surface area contributed by atoms with E-state index in [9.17, 15) is 0 Å².